The summed E-state index contributed by atoms with van der Waals surface area (Å²) in [5.74, 6) is 0. The molecule has 0 aromatic heterocycles. The molecule has 0 spiro atoms. The highest BCUT2D eigenvalue weighted by atomic mass is 29.2. The van der Waals surface area contributed by atoms with E-state index in [4.69, 9.17) is 24.7 Å². The SMILES string of the molecule is C[Si]1(C)O[Si]O[Si]([Si])O[Si](C)(C)O[Si](C)(C)O[Si](C)(C)O1. The molecule has 1 aliphatic heterocycles. The van der Waals surface area contributed by atoms with Crippen molar-refractivity contribution < 1.29 is 24.7 Å². The third kappa shape index (κ3) is 8.08. The van der Waals surface area contributed by atoms with E-state index in [0.717, 1.165) is 0 Å². The van der Waals surface area contributed by atoms with E-state index >= 15 is 0 Å². The Morgan fingerprint density at radius 1 is 0.714 bits per heavy atom. The van der Waals surface area contributed by atoms with Gasteiger partial charge in [0.15, 0.2) is 0 Å². The van der Waals surface area contributed by atoms with Crippen LogP contribution < -0.4 is 0 Å². The van der Waals surface area contributed by atoms with Crippen LogP contribution in [0.1, 0.15) is 0 Å². The first-order valence-electron chi connectivity index (χ1n) is 6.70. The molecule has 1 fully saturated rings. The Balaban J connectivity index is 2.96. The zero-order chi connectivity index (χ0) is 16.5. The van der Waals surface area contributed by atoms with Crippen molar-refractivity contribution in [3.8, 4) is 0 Å². The summed E-state index contributed by atoms with van der Waals surface area (Å²) in [7, 11) is -7.47. The molecule has 0 N–H and O–H groups in total. The predicted molar refractivity (Wildman–Crippen MR) is 93.7 cm³/mol. The molecular formula is C8H24O6Si7. The summed E-state index contributed by atoms with van der Waals surface area (Å²) in [5, 5.41) is 0. The molecule has 6 radical (unpaired) electrons. The topological polar surface area (TPSA) is 55.4 Å². The fraction of sp³-hybridized carbons (Fsp3) is 1.00. The van der Waals surface area contributed by atoms with E-state index in [1.807, 2.05) is 52.4 Å². The van der Waals surface area contributed by atoms with E-state index in [9.17, 15) is 0 Å². The fourth-order valence-electron chi connectivity index (χ4n) is 2.26. The van der Waals surface area contributed by atoms with Crippen molar-refractivity contribution in [2.75, 3.05) is 0 Å². The van der Waals surface area contributed by atoms with Gasteiger partial charge in [-0.05, 0) is 52.4 Å². The molecule has 0 unspecified atom stereocenters. The van der Waals surface area contributed by atoms with E-state index in [1.165, 1.54) is 0 Å². The molecule has 120 valence electrons. The highest BCUT2D eigenvalue weighted by Gasteiger charge is 2.46. The van der Waals surface area contributed by atoms with Crippen molar-refractivity contribution in [2.45, 2.75) is 52.4 Å². The molecular weight excluding hydrogens is 389 g/mol. The lowest BCUT2D eigenvalue weighted by Gasteiger charge is -2.41. The third-order valence-corrected chi connectivity index (χ3v) is 22.0. The Labute approximate surface area is 139 Å². The minimum absolute atomic E-state index is 0.0997. The molecule has 0 saturated carbocycles. The fourth-order valence-corrected chi connectivity index (χ4v) is 25.2. The number of rotatable bonds is 0. The zero-order valence-corrected chi connectivity index (χ0v) is 20.9. The third-order valence-electron chi connectivity index (χ3n) is 2.24. The summed E-state index contributed by atoms with van der Waals surface area (Å²) in [5.41, 5.74) is 0. The molecule has 13 heteroatoms. The van der Waals surface area contributed by atoms with Gasteiger partial charge in [-0.15, -0.1) is 0 Å². The van der Waals surface area contributed by atoms with Crippen molar-refractivity contribution >= 4 is 62.8 Å². The monoisotopic (exact) mass is 412 g/mol. The van der Waals surface area contributed by atoms with Crippen LogP contribution in [0.25, 0.3) is 0 Å². The first-order chi connectivity index (χ1) is 9.22. The van der Waals surface area contributed by atoms with Gasteiger partial charge in [0, 0.05) is 0 Å². The van der Waals surface area contributed by atoms with Crippen LogP contribution in [0, 0.1) is 0 Å². The second-order valence-electron chi connectivity index (χ2n) is 6.58. The molecule has 21 heavy (non-hydrogen) atoms. The predicted octanol–water partition coefficient (Wildman–Crippen LogP) is 1.59. The van der Waals surface area contributed by atoms with Crippen molar-refractivity contribution in [3.63, 3.8) is 0 Å². The van der Waals surface area contributed by atoms with Crippen molar-refractivity contribution in [1.29, 1.82) is 0 Å². The Kier molecular flexibility index (Phi) is 6.80. The van der Waals surface area contributed by atoms with Gasteiger partial charge in [0.1, 0.15) is 0 Å². The molecule has 0 bridgehead atoms. The van der Waals surface area contributed by atoms with Crippen molar-refractivity contribution in [1.82, 2.24) is 0 Å². The quantitative estimate of drug-likeness (QED) is 0.563. The molecule has 0 atom stereocenters. The Bertz CT molecular complexity index is 363. The summed E-state index contributed by atoms with van der Waals surface area (Å²) in [6.45, 7) is 16.2. The summed E-state index contributed by atoms with van der Waals surface area (Å²) in [6.07, 6.45) is 0. The minimum atomic E-state index is -2.35. The summed E-state index contributed by atoms with van der Waals surface area (Å²) in [6, 6.07) is 0. The second-order valence-corrected chi connectivity index (χ2v) is 24.6. The Morgan fingerprint density at radius 3 is 1.67 bits per heavy atom. The van der Waals surface area contributed by atoms with Gasteiger partial charge < -0.3 is 24.7 Å². The minimum Gasteiger partial charge on any atom is -0.418 e. The van der Waals surface area contributed by atoms with Gasteiger partial charge in [0.2, 0.25) is 0 Å². The average Bonchev–Trinajstić information content (AvgIpc) is 2.06. The van der Waals surface area contributed by atoms with Crippen molar-refractivity contribution in [3.05, 3.63) is 0 Å². The lowest BCUT2D eigenvalue weighted by molar-refractivity contribution is 0.264. The Hall–Kier alpha value is 1.28. The average molecular weight is 413 g/mol. The molecule has 1 heterocycles. The van der Waals surface area contributed by atoms with Gasteiger partial charge in [-0.1, -0.05) is 0 Å². The summed E-state index contributed by atoms with van der Waals surface area (Å²) < 4.78 is 36.2. The largest absolute Gasteiger partial charge is 0.418 e. The second kappa shape index (κ2) is 7.03. The van der Waals surface area contributed by atoms with Crippen LogP contribution in [-0.4, -0.2) is 62.8 Å². The molecule has 1 rings (SSSR count). The van der Waals surface area contributed by atoms with E-state index in [1.54, 1.807) is 0 Å². The van der Waals surface area contributed by atoms with Gasteiger partial charge in [-0.25, -0.2) is 0 Å². The lowest BCUT2D eigenvalue weighted by atomic mass is 11.9. The van der Waals surface area contributed by atoms with E-state index < -0.39 is 43.0 Å². The van der Waals surface area contributed by atoms with Gasteiger partial charge in [-0.3, -0.25) is 0 Å². The maximum Gasteiger partial charge on any atom is 0.412 e. The zero-order valence-electron chi connectivity index (χ0n) is 13.9. The molecule has 0 aromatic rings. The Morgan fingerprint density at radius 2 is 1.14 bits per heavy atom. The van der Waals surface area contributed by atoms with Gasteiger partial charge in [0.05, 0.1) is 9.76 Å². The van der Waals surface area contributed by atoms with Crippen LogP contribution in [0.4, 0.5) is 0 Å². The molecule has 0 amide bonds. The normalized spacial score (nSPS) is 30.1. The maximum absolute atomic E-state index is 6.31. The molecule has 0 aliphatic carbocycles. The van der Waals surface area contributed by atoms with Crippen LogP contribution in [0.5, 0.6) is 0 Å². The first-order valence-corrected chi connectivity index (χ1v) is 21.6. The molecule has 6 nitrogen and oxygen atoms in total. The highest BCUT2D eigenvalue weighted by Crippen LogP contribution is 2.25. The van der Waals surface area contributed by atoms with Crippen molar-refractivity contribution in [2.24, 2.45) is 0 Å². The van der Waals surface area contributed by atoms with Gasteiger partial charge in [-0.2, -0.15) is 0 Å². The van der Waals surface area contributed by atoms with Gasteiger partial charge in [0.25, 0.3) is 0 Å². The summed E-state index contributed by atoms with van der Waals surface area (Å²) >= 11 is 0. The van der Waals surface area contributed by atoms with E-state index in [2.05, 4.69) is 9.76 Å². The van der Waals surface area contributed by atoms with Crippen LogP contribution in [0.2, 0.25) is 52.4 Å². The summed E-state index contributed by atoms with van der Waals surface area (Å²) in [4.78, 5) is 0. The smallest absolute Gasteiger partial charge is 0.412 e. The van der Waals surface area contributed by atoms with Crippen LogP contribution >= 0.6 is 0 Å². The van der Waals surface area contributed by atoms with E-state index in [-0.39, 0.29) is 10.0 Å². The maximum atomic E-state index is 6.31. The molecule has 1 saturated heterocycles. The van der Waals surface area contributed by atoms with Crippen LogP contribution in [-0.2, 0) is 24.7 Å². The highest BCUT2D eigenvalue weighted by molar-refractivity contribution is 7.01. The number of hydrogen-bond acceptors (Lipinski definition) is 6. The van der Waals surface area contributed by atoms with Crippen LogP contribution in [0.3, 0.4) is 0 Å². The van der Waals surface area contributed by atoms with E-state index in [0.29, 0.717) is 0 Å². The lowest BCUT2D eigenvalue weighted by Crippen LogP contribution is -2.59. The first kappa shape index (κ1) is 20.3. The number of hydrogen-bond donors (Lipinski definition) is 0. The molecule has 0 aromatic carbocycles. The molecule has 1 aliphatic rings. The standard InChI is InChI=1S/C8H24O6Si7/c1-18(2)10-16-9-17(15)11-19(3,4)13-21(7,8)14-20(5,6)12-18/h1-8H3. The van der Waals surface area contributed by atoms with Gasteiger partial charge >= 0.3 is 53.1 Å². The van der Waals surface area contributed by atoms with Crippen LogP contribution in [0.15, 0.2) is 0 Å².